The predicted molar refractivity (Wildman–Crippen MR) is 81.8 cm³/mol. The van der Waals surface area contributed by atoms with Crippen LogP contribution in [0, 0.1) is 0 Å². The lowest BCUT2D eigenvalue weighted by molar-refractivity contribution is 0.801. The van der Waals surface area contributed by atoms with Gasteiger partial charge in [0.15, 0.2) is 5.82 Å². The smallest absolute Gasteiger partial charge is 0.203 e. The van der Waals surface area contributed by atoms with E-state index < -0.39 is 0 Å². The van der Waals surface area contributed by atoms with Gasteiger partial charge in [-0.3, -0.25) is 4.40 Å². The normalized spacial score (nSPS) is 11.0. The van der Waals surface area contributed by atoms with E-state index in [0.29, 0.717) is 6.54 Å². The molecule has 0 bridgehead atoms. The van der Waals surface area contributed by atoms with Crippen molar-refractivity contribution in [3.63, 3.8) is 0 Å². The Hall–Kier alpha value is -2.47. The monoisotopic (exact) mass is 282 g/mol. The van der Waals surface area contributed by atoms with Gasteiger partial charge in [0, 0.05) is 32.0 Å². The number of nitrogens with two attached hydrogens (primary N) is 1. The van der Waals surface area contributed by atoms with Gasteiger partial charge < -0.3 is 10.6 Å². The summed E-state index contributed by atoms with van der Waals surface area (Å²) in [5.41, 5.74) is 8.96. The summed E-state index contributed by atoms with van der Waals surface area (Å²) in [5.74, 6) is 0.837. The highest BCUT2D eigenvalue weighted by Crippen LogP contribution is 2.20. The Morgan fingerprint density at radius 3 is 2.81 bits per heavy atom. The van der Waals surface area contributed by atoms with E-state index in [-0.39, 0.29) is 0 Å². The molecule has 108 valence electrons. The molecule has 2 N–H and O–H groups in total. The number of benzene rings is 1. The van der Waals surface area contributed by atoms with Crippen LogP contribution in [0.15, 0.2) is 43.0 Å². The first-order valence-corrected chi connectivity index (χ1v) is 6.99. The number of hydrogen-bond acceptors (Lipinski definition) is 5. The quantitative estimate of drug-likeness (QED) is 0.769. The minimum absolute atomic E-state index is 0.538. The molecule has 0 saturated heterocycles. The third-order valence-electron chi connectivity index (χ3n) is 3.58. The van der Waals surface area contributed by atoms with Crippen LogP contribution in [0.1, 0.15) is 18.1 Å². The first-order chi connectivity index (χ1) is 10.3. The van der Waals surface area contributed by atoms with Crippen molar-refractivity contribution in [2.75, 3.05) is 11.4 Å². The molecule has 0 aliphatic heterocycles. The molecule has 21 heavy (non-hydrogen) atoms. The van der Waals surface area contributed by atoms with Crippen molar-refractivity contribution in [2.45, 2.75) is 20.0 Å². The third-order valence-corrected chi connectivity index (χ3v) is 3.58. The topological polar surface area (TPSA) is 72.3 Å². The number of rotatable bonds is 5. The Kier molecular flexibility index (Phi) is 3.79. The standard InChI is InChI=1S/C15H18N6/c1-2-20(10-13-6-4-3-5-12(13)9-16)14-15-19-18-11-21(15)8-7-17-14/h3-8,11H,2,9-10,16H2,1H3. The highest BCUT2D eigenvalue weighted by atomic mass is 15.3. The van der Waals surface area contributed by atoms with Gasteiger partial charge in [-0.1, -0.05) is 24.3 Å². The van der Waals surface area contributed by atoms with Crippen molar-refractivity contribution in [1.82, 2.24) is 19.6 Å². The molecule has 0 saturated carbocycles. The average Bonchev–Trinajstić information content (AvgIpc) is 3.01. The minimum Gasteiger partial charge on any atom is -0.349 e. The lowest BCUT2D eigenvalue weighted by Crippen LogP contribution is -2.24. The van der Waals surface area contributed by atoms with E-state index in [1.165, 1.54) is 5.56 Å². The summed E-state index contributed by atoms with van der Waals surface area (Å²) in [6.45, 7) is 4.23. The molecule has 0 fully saturated rings. The molecule has 0 unspecified atom stereocenters. The van der Waals surface area contributed by atoms with E-state index in [1.807, 2.05) is 22.7 Å². The lowest BCUT2D eigenvalue weighted by atomic mass is 10.1. The fraction of sp³-hybridized carbons (Fsp3) is 0.267. The van der Waals surface area contributed by atoms with E-state index in [1.54, 1.807) is 12.5 Å². The van der Waals surface area contributed by atoms with Gasteiger partial charge in [-0.05, 0) is 18.1 Å². The van der Waals surface area contributed by atoms with Crippen LogP contribution < -0.4 is 10.6 Å². The molecule has 0 spiro atoms. The van der Waals surface area contributed by atoms with E-state index in [4.69, 9.17) is 5.73 Å². The zero-order valence-electron chi connectivity index (χ0n) is 12.0. The van der Waals surface area contributed by atoms with Gasteiger partial charge in [0.1, 0.15) is 6.33 Å². The molecule has 1 aromatic carbocycles. The van der Waals surface area contributed by atoms with Crippen LogP contribution in [0.2, 0.25) is 0 Å². The Morgan fingerprint density at radius 2 is 2.05 bits per heavy atom. The molecule has 2 heterocycles. The maximum atomic E-state index is 5.82. The maximum Gasteiger partial charge on any atom is 0.203 e. The number of anilines is 1. The first-order valence-electron chi connectivity index (χ1n) is 6.99. The summed E-state index contributed by atoms with van der Waals surface area (Å²) in [6, 6.07) is 8.22. The minimum atomic E-state index is 0.538. The second-order valence-electron chi connectivity index (χ2n) is 4.80. The SMILES string of the molecule is CCN(Cc1ccccc1CN)c1nccn2cnnc12. The highest BCUT2D eigenvalue weighted by Gasteiger charge is 2.14. The fourth-order valence-electron chi connectivity index (χ4n) is 2.42. The van der Waals surface area contributed by atoms with Gasteiger partial charge in [0.2, 0.25) is 5.65 Å². The molecule has 3 aromatic rings. The molecule has 0 aliphatic rings. The third kappa shape index (κ3) is 2.57. The number of aromatic nitrogens is 4. The highest BCUT2D eigenvalue weighted by molar-refractivity contribution is 5.63. The molecule has 6 heteroatoms. The van der Waals surface area contributed by atoms with Gasteiger partial charge >= 0.3 is 0 Å². The Bertz CT molecular complexity index is 736. The van der Waals surface area contributed by atoms with Crippen LogP contribution in [-0.4, -0.2) is 26.1 Å². The van der Waals surface area contributed by atoms with Crippen molar-refractivity contribution in [3.8, 4) is 0 Å². The molecule has 0 amide bonds. The molecular weight excluding hydrogens is 264 g/mol. The van der Waals surface area contributed by atoms with Gasteiger partial charge in [-0.15, -0.1) is 10.2 Å². The summed E-state index contributed by atoms with van der Waals surface area (Å²) in [5, 5.41) is 8.10. The number of hydrogen-bond donors (Lipinski definition) is 1. The van der Waals surface area contributed by atoms with E-state index in [0.717, 1.165) is 30.1 Å². The predicted octanol–water partition coefficient (Wildman–Crippen LogP) is 1.61. The first kappa shape index (κ1) is 13.5. The van der Waals surface area contributed by atoms with Crippen molar-refractivity contribution in [2.24, 2.45) is 5.73 Å². The summed E-state index contributed by atoms with van der Waals surface area (Å²) >= 11 is 0. The largest absolute Gasteiger partial charge is 0.349 e. The van der Waals surface area contributed by atoms with Crippen LogP contribution in [0.5, 0.6) is 0 Å². The van der Waals surface area contributed by atoms with Crippen molar-refractivity contribution in [1.29, 1.82) is 0 Å². The second-order valence-corrected chi connectivity index (χ2v) is 4.80. The van der Waals surface area contributed by atoms with Crippen LogP contribution in [-0.2, 0) is 13.1 Å². The summed E-state index contributed by atoms with van der Waals surface area (Å²) in [7, 11) is 0. The Balaban J connectivity index is 1.97. The van der Waals surface area contributed by atoms with E-state index >= 15 is 0 Å². The van der Waals surface area contributed by atoms with Crippen LogP contribution in [0.25, 0.3) is 5.65 Å². The Labute approximate surface area is 123 Å². The summed E-state index contributed by atoms with van der Waals surface area (Å²) < 4.78 is 1.87. The van der Waals surface area contributed by atoms with Gasteiger partial charge in [-0.2, -0.15) is 0 Å². The molecule has 0 radical (unpaired) electrons. The number of nitrogens with zero attached hydrogens (tertiary/aromatic N) is 5. The molecule has 2 aromatic heterocycles. The zero-order chi connectivity index (χ0) is 14.7. The maximum absolute atomic E-state index is 5.82. The molecule has 6 nitrogen and oxygen atoms in total. The van der Waals surface area contributed by atoms with Gasteiger partial charge in [-0.25, -0.2) is 4.98 Å². The van der Waals surface area contributed by atoms with Gasteiger partial charge in [0.05, 0.1) is 0 Å². The fourth-order valence-corrected chi connectivity index (χ4v) is 2.42. The van der Waals surface area contributed by atoms with Crippen molar-refractivity contribution >= 4 is 11.5 Å². The summed E-state index contributed by atoms with van der Waals surface area (Å²) in [6.07, 6.45) is 5.30. The number of fused-ring (bicyclic) bond motifs is 1. The van der Waals surface area contributed by atoms with E-state index in [9.17, 15) is 0 Å². The van der Waals surface area contributed by atoms with Crippen molar-refractivity contribution in [3.05, 3.63) is 54.1 Å². The van der Waals surface area contributed by atoms with E-state index in [2.05, 4.69) is 39.1 Å². The Morgan fingerprint density at radius 1 is 1.24 bits per heavy atom. The average molecular weight is 282 g/mol. The van der Waals surface area contributed by atoms with Crippen molar-refractivity contribution < 1.29 is 0 Å². The molecule has 3 rings (SSSR count). The summed E-state index contributed by atoms with van der Waals surface area (Å²) in [4.78, 5) is 6.65. The molecular formula is C15H18N6. The van der Waals surface area contributed by atoms with Gasteiger partial charge in [0.25, 0.3) is 0 Å². The lowest BCUT2D eigenvalue weighted by Gasteiger charge is -2.23. The molecule has 0 aliphatic carbocycles. The van der Waals surface area contributed by atoms with Crippen LogP contribution >= 0.6 is 0 Å². The van der Waals surface area contributed by atoms with Crippen LogP contribution in [0.3, 0.4) is 0 Å². The zero-order valence-corrected chi connectivity index (χ0v) is 12.0. The molecule has 0 atom stereocenters. The van der Waals surface area contributed by atoms with Crippen LogP contribution in [0.4, 0.5) is 5.82 Å². The second kappa shape index (κ2) is 5.88.